The van der Waals surface area contributed by atoms with Crippen LogP contribution in [0.3, 0.4) is 0 Å². The average molecular weight is 542 g/mol. The molecule has 0 bridgehead atoms. The quantitative estimate of drug-likeness (QED) is 0.147. The second kappa shape index (κ2) is 12.1. The van der Waals surface area contributed by atoms with Crippen molar-refractivity contribution in [3.8, 4) is 0 Å². The highest BCUT2D eigenvalue weighted by Gasteiger charge is 2.27. The lowest BCUT2D eigenvalue weighted by Gasteiger charge is -2.24. The van der Waals surface area contributed by atoms with E-state index in [4.69, 9.17) is 15.7 Å². The van der Waals surface area contributed by atoms with Gasteiger partial charge in [0, 0.05) is 54.2 Å². The zero-order chi connectivity index (χ0) is 28.1. The summed E-state index contributed by atoms with van der Waals surface area (Å²) < 4.78 is 1.66. The van der Waals surface area contributed by atoms with E-state index in [0.29, 0.717) is 40.9 Å². The molecule has 4 N–H and O–H groups in total. The fraction of sp³-hybridized carbons (Fsp3) is 0.345. The first-order valence-corrected chi connectivity index (χ1v) is 13.5. The molecule has 1 saturated heterocycles. The third-order valence-corrected chi connectivity index (χ3v) is 7.20. The van der Waals surface area contributed by atoms with Crippen molar-refractivity contribution in [2.45, 2.75) is 38.1 Å². The fourth-order valence-electron chi connectivity index (χ4n) is 4.98. The normalized spacial score (nSPS) is 15.3. The summed E-state index contributed by atoms with van der Waals surface area (Å²) in [6.07, 6.45) is 6.61. The maximum Gasteiger partial charge on any atom is 0.253 e. The number of aromatic nitrogens is 4. The number of hydrogen-bond acceptors (Lipinski definition) is 9. The number of likely N-dealkylation sites (tertiary alicyclic amines) is 1. The van der Waals surface area contributed by atoms with Crippen molar-refractivity contribution in [2.75, 3.05) is 43.6 Å². The molecule has 0 radical (unpaired) electrons. The van der Waals surface area contributed by atoms with E-state index in [1.807, 2.05) is 60.5 Å². The van der Waals surface area contributed by atoms with E-state index in [0.717, 1.165) is 56.3 Å². The number of benzene rings is 2. The van der Waals surface area contributed by atoms with Crippen LogP contribution in [-0.2, 0) is 11.2 Å². The van der Waals surface area contributed by atoms with Gasteiger partial charge in [0.05, 0.1) is 6.20 Å². The van der Waals surface area contributed by atoms with Crippen molar-refractivity contribution in [1.29, 1.82) is 0 Å². The standard InChI is InChI=1S/C29H35N9O2/c1-36-14-13-25(19-36)37(2)27(40)20-9-6-11-23(16-20)33-29-35-28(32-24-12-7-10-22(30)17-24)34-26-21(18-31-38(26)29)8-4-3-5-15-39/h6-7,9-12,15-18,25H,3-5,8,13-14,19,30H2,1-2H3,(H2,32,33,34,35). The maximum atomic E-state index is 13.3. The second-order valence-electron chi connectivity index (χ2n) is 10.3. The second-order valence-corrected chi connectivity index (χ2v) is 10.3. The molecule has 40 heavy (non-hydrogen) atoms. The van der Waals surface area contributed by atoms with Gasteiger partial charge >= 0.3 is 0 Å². The van der Waals surface area contributed by atoms with E-state index < -0.39 is 0 Å². The SMILES string of the molecule is CN1CCC(N(C)C(=O)c2cccc(Nc3nc(Nc4cccc(N)c4)nc4c(CCCCC=O)cnn34)c2)C1. The molecule has 0 aliphatic carbocycles. The molecular formula is C29H35N9O2. The van der Waals surface area contributed by atoms with Crippen molar-refractivity contribution >= 4 is 46.8 Å². The number of fused-ring (bicyclic) bond motifs is 1. The van der Waals surface area contributed by atoms with E-state index in [9.17, 15) is 9.59 Å². The zero-order valence-corrected chi connectivity index (χ0v) is 22.9. The van der Waals surface area contributed by atoms with Crippen molar-refractivity contribution in [3.05, 3.63) is 65.9 Å². The number of hydrogen-bond donors (Lipinski definition) is 3. The van der Waals surface area contributed by atoms with Gasteiger partial charge in [-0.3, -0.25) is 4.79 Å². The molecule has 4 aromatic rings. The minimum Gasteiger partial charge on any atom is -0.399 e. The van der Waals surface area contributed by atoms with Gasteiger partial charge in [0.15, 0.2) is 5.65 Å². The summed E-state index contributed by atoms with van der Waals surface area (Å²) in [6.45, 7) is 1.86. The predicted octanol–water partition coefficient (Wildman–Crippen LogP) is 3.88. The Kier molecular flexibility index (Phi) is 8.20. The number of carbonyl (C=O) groups excluding carboxylic acids is 2. The number of unbranched alkanes of at least 4 members (excludes halogenated alkanes) is 2. The molecule has 1 unspecified atom stereocenters. The highest BCUT2D eigenvalue weighted by molar-refractivity contribution is 5.95. The van der Waals surface area contributed by atoms with Crippen LogP contribution in [-0.4, -0.2) is 74.8 Å². The topological polar surface area (TPSA) is 134 Å². The summed E-state index contributed by atoms with van der Waals surface area (Å²) in [5.41, 5.74) is 10.3. The number of nitrogens with one attached hydrogen (secondary N) is 2. The van der Waals surface area contributed by atoms with Crippen LogP contribution in [0.5, 0.6) is 0 Å². The summed E-state index contributed by atoms with van der Waals surface area (Å²) in [5.74, 6) is 0.816. The Morgan fingerprint density at radius 1 is 1.12 bits per heavy atom. The van der Waals surface area contributed by atoms with Crippen molar-refractivity contribution in [3.63, 3.8) is 0 Å². The van der Waals surface area contributed by atoms with E-state index in [1.54, 1.807) is 10.7 Å². The largest absolute Gasteiger partial charge is 0.399 e. The Morgan fingerprint density at radius 2 is 1.93 bits per heavy atom. The monoisotopic (exact) mass is 541 g/mol. The lowest BCUT2D eigenvalue weighted by atomic mass is 10.1. The van der Waals surface area contributed by atoms with Gasteiger partial charge < -0.3 is 31.0 Å². The molecular weight excluding hydrogens is 506 g/mol. The average Bonchev–Trinajstić information content (AvgIpc) is 3.57. The molecule has 1 aliphatic heterocycles. The number of aldehydes is 1. The molecule has 2 aromatic heterocycles. The molecule has 5 rings (SSSR count). The summed E-state index contributed by atoms with van der Waals surface area (Å²) in [6, 6.07) is 15.0. The number of rotatable bonds is 11. The van der Waals surface area contributed by atoms with Gasteiger partial charge in [-0.2, -0.15) is 19.6 Å². The number of nitrogens with two attached hydrogens (primary N) is 1. The molecule has 0 saturated carbocycles. The van der Waals surface area contributed by atoms with E-state index in [1.165, 1.54) is 0 Å². The van der Waals surface area contributed by atoms with Gasteiger partial charge in [0.1, 0.15) is 6.29 Å². The van der Waals surface area contributed by atoms with Crippen molar-refractivity contribution < 1.29 is 9.59 Å². The van der Waals surface area contributed by atoms with Gasteiger partial charge in [-0.15, -0.1) is 0 Å². The van der Waals surface area contributed by atoms with Crippen molar-refractivity contribution in [1.82, 2.24) is 29.4 Å². The van der Waals surface area contributed by atoms with Gasteiger partial charge in [-0.25, -0.2) is 0 Å². The smallest absolute Gasteiger partial charge is 0.253 e. The van der Waals surface area contributed by atoms with Crippen LogP contribution in [0, 0.1) is 0 Å². The van der Waals surface area contributed by atoms with Crippen LogP contribution in [0.4, 0.5) is 29.0 Å². The number of carbonyl (C=O) groups is 2. The first kappa shape index (κ1) is 27.1. The number of amides is 1. The summed E-state index contributed by atoms with van der Waals surface area (Å²) in [4.78, 5) is 37.5. The van der Waals surface area contributed by atoms with Gasteiger partial charge in [0.25, 0.3) is 5.91 Å². The van der Waals surface area contributed by atoms with E-state index in [2.05, 4.69) is 27.7 Å². The third kappa shape index (κ3) is 6.20. The molecule has 1 fully saturated rings. The molecule has 1 aliphatic rings. The molecule has 0 spiro atoms. The number of likely N-dealkylation sites (N-methyl/N-ethyl adjacent to an activating group) is 2. The number of anilines is 5. The summed E-state index contributed by atoms with van der Waals surface area (Å²) in [7, 11) is 3.95. The lowest BCUT2D eigenvalue weighted by Crippen LogP contribution is -2.38. The highest BCUT2D eigenvalue weighted by Crippen LogP contribution is 2.24. The Hall–Kier alpha value is -4.51. The van der Waals surface area contributed by atoms with Crippen LogP contribution >= 0.6 is 0 Å². The first-order chi connectivity index (χ1) is 19.4. The highest BCUT2D eigenvalue weighted by atomic mass is 16.2. The third-order valence-electron chi connectivity index (χ3n) is 7.20. The molecule has 3 heterocycles. The summed E-state index contributed by atoms with van der Waals surface area (Å²) in [5, 5.41) is 11.1. The van der Waals surface area contributed by atoms with E-state index >= 15 is 0 Å². The van der Waals surface area contributed by atoms with E-state index in [-0.39, 0.29) is 11.9 Å². The molecule has 11 nitrogen and oxygen atoms in total. The van der Waals surface area contributed by atoms with Crippen LogP contribution in [0.2, 0.25) is 0 Å². The van der Waals surface area contributed by atoms with Gasteiger partial charge in [0.2, 0.25) is 11.9 Å². The number of nitrogens with zero attached hydrogens (tertiary/aromatic N) is 6. The molecule has 208 valence electrons. The predicted molar refractivity (Wildman–Crippen MR) is 156 cm³/mol. The lowest BCUT2D eigenvalue weighted by molar-refractivity contribution is -0.107. The minimum absolute atomic E-state index is 0.0162. The molecule has 2 aromatic carbocycles. The minimum atomic E-state index is -0.0162. The Labute approximate surface area is 233 Å². The van der Waals surface area contributed by atoms with Crippen LogP contribution in [0.1, 0.15) is 41.6 Å². The zero-order valence-electron chi connectivity index (χ0n) is 22.9. The van der Waals surface area contributed by atoms with Crippen LogP contribution in [0.15, 0.2) is 54.7 Å². The Bertz CT molecular complexity index is 1500. The van der Waals surface area contributed by atoms with Gasteiger partial charge in [-0.05, 0) is 75.7 Å². The van der Waals surface area contributed by atoms with Crippen LogP contribution < -0.4 is 16.4 Å². The molecule has 1 atom stereocenters. The molecule has 1 amide bonds. The molecule has 11 heteroatoms. The number of nitrogen functional groups attached to an aromatic ring is 1. The Morgan fingerprint density at radius 3 is 2.67 bits per heavy atom. The van der Waals surface area contributed by atoms with Crippen molar-refractivity contribution in [2.24, 2.45) is 0 Å². The summed E-state index contributed by atoms with van der Waals surface area (Å²) >= 11 is 0. The maximum absolute atomic E-state index is 13.3. The van der Waals surface area contributed by atoms with Crippen LogP contribution in [0.25, 0.3) is 5.65 Å². The fourth-order valence-corrected chi connectivity index (χ4v) is 4.98. The Balaban J connectivity index is 1.43. The van der Waals surface area contributed by atoms with Gasteiger partial charge in [-0.1, -0.05) is 12.1 Å². The first-order valence-electron chi connectivity index (χ1n) is 13.5. The number of aryl methyl sites for hydroxylation is 1.